The predicted octanol–water partition coefficient (Wildman–Crippen LogP) is 3.00. The van der Waals surface area contributed by atoms with Crippen LogP contribution in [0.15, 0.2) is 45.7 Å². The summed E-state index contributed by atoms with van der Waals surface area (Å²) in [7, 11) is 0. The Bertz CT molecular complexity index is 605. The van der Waals surface area contributed by atoms with Gasteiger partial charge in [-0.15, -0.1) is 0 Å². The summed E-state index contributed by atoms with van der Waals surface area (Å²) in [6, 6.07) is 10.2. The maximum atomic E-state index is 11.7. The first-order valence-electron chi connectivity index (χ1n) is 5.32. The molecule has 88 valence electrons. The number of phenols is 1. The fourth-order valence-electron chi connectivity index (χ4n) is 1.79. The Hall–Kier alpha value is -1.55. The van der Waals surface area contributed by atoms with E-state index < -0.39 is 0 Å². The normalized spacial score (nSPS) is 10.5. The molecule has 2 rings (SSSR count). The zero-order chi connectivity index (χ0) is 12.4. The molecular weight excluding hydrogens is 282 g/mol. The number of hydrogen-bond acceptors (Lipinski definition) is 2. The summed E-state index contributed by atoms with van der Waals surface area (Å²) in [5, 5.41) is 9.37. The highest BCUT2D eigenvalue weighted by Gasteiger charge is 2.08. The fraction of sp³-hybridized carbons (Fsp3) is 0.154. The Morgan fingerprint density at radius 2 is 2.06 bits per heavy atom. The second-order valence-corrected chi connectivity index (χ2v) is 4.51. The third-order valence-electron chi connectivity index (χ3n) is 2.59. The van der Waals surface area contributed by atoms with E-state index in [1.165, 1.54) is 0 Å². The van der Waals surface area contributed by atoms with Gasteiger partial charge in [0.25, 0.3) is 5.56 Å². The third-order valence-corrected chi connectivity index (χ3v) is 3.25. The molecule has 0 aliphatic carbocycles. The van der Waals surface area contributed by atoms with Crippen LogP contribution in [0.4, 0.5) is 0 Å². The van der Waals surface area contributed by atoms with E-state index in [9.17, 15) is 9.90 Å². The molecule has 0 saturated heterocycles. The lowest BCUT2D eigenvalue weighted by Gasteiger charge is -2.12. The van der Waals surface area contributed by atoms with E-state index in [0.717, 1.165) is 15.7 Å². The summed E-state index contributed by atoms with van der Waals surface area (Å²) in [6.07, 6.45) is 0. The first-order valence-corrected chi connectivity index (χ1v) is 6.11. The van der Waals surface area contributed by atoms with Gasteiger partial charge < -0.3 is 9.67 Å². The highest BCUT2D eigenvalue weighted by Crippen LogP contribution is 2.30. The molecule has 0 saturated carbocycles. The Kier molecular flexibility index (Phi) is 3.33. The Morgan fingerprint density at radius 1 is 1.29 bits per heavy atom. The standard InChI is InChI=1S/C13H12BrNO2/c1-2-15-12(4-3-5-13(15)17)10-7-6-9(16)8-11(10)14/h3-8,16H,2H2,1H3. The molecule has 0 atom stereocenters. The van der Waals surface area contributed by atoms with Gasteiger partial charge in [0.1, 0.15) is 5.75 Å². The van der Waals surface area contributed by atoms with Gasteiger partial charge in [-0.2, -0.15) is 0 Å². The van der Waals surface area contributed by atoms with Gasteiger partial charge in [0.15, 0.2) is 0 Å². The minimum Gasteiger partial charge on any atom is -0.508 e. The second-order valence-electron chi connectivity index (χ2n) is 3.66. The van der Waals surface area contributed by atoms with Gasteiger partial charge in [0.05, 0.1) is 5.69 Å². The van der Waals surface area contributed by atoms with Crippen LogP contribution in [0.3, 0.4) is 0 Å². The van der Waals surface area contributed by atoms with Crippen LogP contribution in [-0.2, 0) is 6.54 Å². The van der Waals surface area contributed by atoms with Crippen LogP contribution >= 0.6 is 15.9 Å². The van der Waals surface area contributed by atoms with Crippen LogP contribution in [-0.4, -0.2) is 9.67 Å². The van der Waals surface area contributed by atoms with Crippen molar-refractivity contribution in [3.63, 3.8) is 0 Å². The van der Waals surface area contributed by atoms with Gasteiger partial charge in [0.2, 0.25) is 0 Å². The Morgan fingerprint density at radius 3 is 2.71 bits per heavy atom. The first kappa shape index (κ1) is 11.9. The van der Waals surface area contributed by atoms with Gasteiger partial charge >= 0.3 is 0 Å². The number of aromatic hydroxyl groups is 1. The maximum absolute atomic E-state index is 11.7. The summed E-state index contributed by atoms with van der Waals surface area (Å²) >= 11 is 3.40. The van der Waals surface area contributed by atoms with E-state index in [2.05, 4.69) is 15.9 Å². The van der Waals surface area contributed by atoms with Crippen molar-refractivity contribution in [2.45, 2.75) is 13.5 Å². The molecular formula is C13H12BrNO2. The van der Waals surface area contributed by atoms with E-state index in [1.54, 1.807) is 34.9 Å². The van der Waals surface area contributed by atoms with Crippen molar-refractivity contribution in [2.75, 3.05) is 0 Å². The smallest absolute Gasteiger partial charge is 0.250 e. The number of rotatable bonds is 2. The minimum absolute atomic E-state index is 0.0232. The van der Waals surface area contributed by atoms with Gasteiger partial charge in [0, 0.05) is 22.6 Å². The van der Waals surface area contributed by atoms with Crippen LogP contribution < -0.4 is 5.56 Å². The number of nitrogens with zero attached hydrogens (tertiary/aromatic N) is 1. The van der Waals surface area contributed by atoms with Crippen molar-refractivity contribution < 1.29 is 5.11 Å². The second kappa shape index (κ2) is 4.75. The van der Waals surface area contributed by atoms with Crippen molar-refractivity contribution >= 4 is 15.9 Å². The lowest BCUT2D eigenvalue weighted by molar-refractivity contribution is 0.475. The lowest BCUT2D eigenvalue weighted by Crippen LogP contribution is -2.19. The first-order chi connectivity index (χ1) is 8.13. The van der Waals surface area contributed by atoms with Crippen molar-refractivity contribution in [1.29, 1.82) is 0 Å². The summed E-state index contributed by atoms with van der Waals surface area (Å²) in [4.78, 5) is 11.7. The Balaban J connectivity index is 2.68. The Labute approximate surface area is 107 Å². The largest absolute Gasteiger partial charge is 0.508 e. The molecule has 0 unspecified atom stereocenters. The number of aromatic nitrogens is 1. The van der Waals surface area contributed by atoms with Gasteiger partial charge in [-0.1, -0.05) is 6.07 Å². The van der Waals surface area contributed by atoms with Crippen molar-refractivity contribution in [3.8, 4) is 17.0 Å². The summed E-state index contributed by atoms with van der Waals surface area (Å²) in [5.41, 5.74) is 1.71. The molecule has 1 aromatic heterocycles. The molecule has 1 heterocycles. The van der Waals surface area contributed by atoms with Crippen molar-refractivity contribution in [1.82, 2.24) is 4.57 Å². The van der Waals surface area contributed by atoms with Gasteiger partial charge in [-0.05, 0) is 47.1 Å². The summed E-state index contributed by atoms with van der Waals surface area (Å²) in [5.74, 6) is 0.196. The molecule has 0 aliphatic rings. The highest BCUT2D eigenvalue weighted by atomic mass is 79.9. The van der Waals surface area contributed by atoms with Crippen LogP contribution in [0.5, 0.6) is 5.75 Å². The SMILES string of the molecule is CCn1c(-c2ccc(O)cc2Br)cccc1=O. The molecule has 0 amide bonds. The molecule has 0 spiro atoms. The maximum Gasteiger partial charge on any atom is 0.250 e. The van der Waals surface area contributed by atoms with Gasteiger partial charge in [-0.3, -0.25) is 4.79 Å². The number of hydrogen-bond donors (Lipinski definition) is 1. The lowest BCUT2D eigenvalue weighted by atomic mass is 10.1. The molecule has 3 nitrogen and oxygen atoms in total. The number of phenolic OH excluding ortho intramolecular Hbond substituents is 1. The molecule has 0 fully saturated rings. The van der Waals surface area contributed by atoms with Gasteiger partial charge in [-0.25, -0.2) is 0 Å². The zero-order valence-electron chi connectivity index (χ0n) is 9.35. The van der Waals surface area contributed by atoms with E-state index in [-0.39, 0.29) is 11.3 Å². The van der Waals surface area contributed by atoms with Crippen LogP contribution in [0, 0.1) is 0 Å². The monoisotopic (exact) mass is 293 g/mol. The number of halogens is 1. The quantitative estimate of drug-likeness (QED) is 0.925. The number of pyridine rings is 1. The van der Waals surface area contributed by atoms with Crippen molar-refractivity contribution in [2.24, 2.45) is 0 Å². The topological polar surface area (TPSA) is 42.2 Å². The van der Waals surface area contributed by atoms with E-state index in [4.69, 9.17) is 0 Å². The summed E-state index contributed by atoms with van der Waals surface area (Å²) < 4.78 is 2.46. The molecule has 4 heteroatoms. The van der Waals surface area contributed by atoms with E-state index >= 15 is 0 Å². The van der Waals surface area contributed by atoms with Crippen LogP contribution in [0.1, 0.15) is 6.92 Å². The third kappa shape index (κ3) is 2.26. The fourth-order valence-corrected chi connectivity index (χ4v) is 2.36. The van der Waals surface area contributed by atoms with Crippen LogP contribution in [0.25, 0.3) is 11.3 Å². The molecule has 0 radical (unpaired) electrons. The number of benzene rings is 1. The molecule has 17 heavy (non-hydrogen) atoms. The average Bonchev–Trinajstić information content (AvgIpc) is 2.29. The molecule has 0 bridgehead atoms. The van der Waals surface area contributed by atoms with Crippen molar-refractivity contribution in [3.05, 3.63) is 51.2 Å². The van der Waals surface area contributed by atoms with Crippen LogP contribution in [0.2, 0.25) is 0 Å². The summed E-state index contributed by atoms with van der Waals surface area (Å²) in [6.45, 7) is 2.54. The minimum atomic E-state index is -0.0232. The van der Waals surface area contributed by atoms with E-state index in [1.807, 2.05) is 13.0 Å². The molecule has 0 aliphatic heterocycles. The predicted molar refractivity (Wildman–Crippen MR) is 71.2 cm³/mol. The molecule has 2 aromatic rings. The molecule has 1 N–H and O–H groups in total. The zero-order valence-corrected chi connectivity index (χ0v) is 10.9. The highest BCUT2D eigenvalue weighted by molar-refractivity contribution is 9.10. The average molecular weight is 294 g/mol. The molecule has 1 aromatic carbocycles. The van der Waals surface area contributed by atoms with E-state index in [0.29, 0.717) is 6.54 Å².